The van der Waals surface area contributed by atoms with Crippen molar-refractivity contribution in [2.24, 2.45) is 5.73 Å². The van der Waals surface area contributed by atoms with Crippen LogP contribution in [0.15, 0.2) is 65.2 Å². The lowest BCUT2D eigenvalue weighted by atomic mass is 10.1. The molecule has 2 N–H and O–H groups in total. The fourth-order valence-corrected chi connectivity index (χ4v) is 2.74. The Kier molecular flexibility index (Phi) is 9.38. The quantitative estimate of drug-likeness (QED) is 0.649. The molecule has 0 aliphatic heterocycles. The molecule has 4 nitrogen and oxygen atoms in total. The molecule has 0 radical (unpaired) electrons. The van der Waals surface area contributed by atoms with Gasteiger partial charge in [0.05, 0.1) is 6.54 Å². The van der Waals surface area contributed by atoms with Gasteiger partial charge in [-0.25, -0.2) is 0 Å². The molecule has 0 bridgehead atoms. The van der Waals surface area contributed by atoms with Crippen molar-refractivity contribution < 1.29 is 4.52 Å². The van der Waals surface area contributed by atoms with Crippen molar-refractivity contribution in [2.75, 3.05) is 13.6 Å². The van der Waals surface area contributed by atoms with E-state index in [4.69, 9.17) is 10.3 Å². The molecule has 0 saturated carbocycles. The Morgan fingerprint density at radius 3 is 2.23 bits per heavy atom. The van der Waals surface area contributed by atoms with E-state index in [9.17, 15) is 0 Å². The van der Waals surface area contributed by atoms with E-state index in [0.717, 1.165) is 36.5 Å². The molecule has 3 rings (SSSR count). The molecule has 0 atom stereocenters. The van der Waals surface area contributed by atoms with Gasteiger partial charge >= 0.3 is 0 Å². The molecule has 0 amide bonds. The van der Waals surface area contributed by atoms with E-state index in [-0.39, 0.29) is 24.8 Å². The van der Waals surface area contributed by atoms with Crippen LogP contribution in [0, 0.1) is 0 Å². The minimum absolute atomic E-state index is 0. The molecule has 0 aliphatic rings. The Labute approximate surface area is 167 Å². The van der Waals surface area contributed by atoms with Crippen LogP contribution in [-0.2, 0) is 19.5 Å². The summed E-state index contributed by atoms with van der Waals surface area (Å²) in [5.74, 6) is 0.871. The summed E-state index contributed by atoms with van der Waals surface area (Å²) in [6.07, 6.45) is 0.927. The minimum Gasteiger partial charge on any atom is -0.359 e. The summed E-state index contributed by atoms with van der Waals surface area (Å²) in [6.45, 7) is 2.28. The lowest BCUT2D eigenvalue weighted by Crippen LogP contribution is -2.16. The second kappa shape index (κ2) is 11.0. The lowest BCUT2D eigenvalue weighted by Gasteiger charge is -2.15. The summed E-state index contributed by atoms with van der Waals surface area (Å²) in [4.78, 5) is 2.22. The Balaban J connectivity index is 0.00000169. The van der Waals surface area contributed by atoms with Crippen LogP contribution in [0.25, 0.3) is 11.3 Å². The molecule has 1 heterocycles. The summed E-state index contributed by atoms with van der Waals surface area (Å²) in [6, 6.07) is 20.7. The maximum absolute atomic E-state index is 5.58. The molecule has 6 heteroatoms. The summed E-state index contributed by atoms with van der Waals surface area (Å²) < 4.78 is 5.47. The summed E-state index contributed by atoms with van der Waals surface area (Å²) in [7, 11) is 2.08. The standard InChI is InChI=1S/C20H23N3O.2ClH/c1-23(14-17-9-7-16(8-10-17)11-12-21)15-19-13-20(22-24-19)18-5-3-2-4-6-18;;/h2-10,13H,11-12,14-15,21H2,1H3;2*1H. The van der Waals surface area contributed by atoms with E-state index in [1.807, 2.05) is 36.4 Å². The van der Waals surface area contributed by atoms with Crippen LogP contribution in [-0.4, -0.2) is 23.6 Å². The fraction of sp³-hybridized carbons (Fsp3) is 0.250. The predicted molar refractivity (Wildman–Crippen MR) is 111 cm³/mol. The van der Waals surface area contributed by atoms with E-state index < -0.39 is 0 Å². The topological polar surface area (TPSA) is 55.3 Å². The van der Waals surface area contributed by atoms with E-state index in [0.29, 0.717) is 6.54 Å². The highest BCUT2D eigenvalue weighted by atomic mass is 35.5. The highest BCUT2D eigenvalue weighted by Crippen LogP contribution is 2.19. The number of benzene rings is 2. The lowest BCUT2D eigenvalue weighted by molar-refractivity contribution is 0.267. The first-order chi connectivity index (χ1) is 11.7. The second-order valence-corrected chi connectivity index (χ2v) is 6.07. The Morgan fingerprint density at radius 2 is 1.58 bits per heavy atom. The molecule has 0 fully saturated rings. The molecule has 0 aliphatic carbocycles. The number of halogens is 2. The highest BCUT2D eigenvalue weighted by Gasteiger charge is 2.09. The van der Waals surface area contributed by atoms with Crippen LogP contribution in [0.5, 0.6) is 0 Å². The zero-order chi connectivity index (χ0) is 16.8. The van der Waals surface area contributed by atoms with Crippen molar-refractivity contribution >= 4 is 24.8 Å². The molecular formula is C20H25Cl2N3O. The van der Waals surface area contributed by atoms with Gasteiger partial charge in [-0.15, -0.1) is 24.8 Å². The molecular weight excluding hydrogens is 369 g/mol. The first-order valence-electron chi connectivity index (χ1n) is 8.22. The molecule has 26 heavy (non-hydrogen) atoms. The first kappa shape index (κ1) is 22.2. The fourth-order valence-electron chi connectivity index (χ4n) is 2.74. The largest absolute Gasteiger partial charge is 0.359 e. The zero-order valence-corrected chi connectivity index (χ0v) is 16.4. The maximum Gasteiger partial charge on any atom is 0.151 e. The molecule has 3 aromatic rings. The van der Waals surface area contributed by atoms with Crippen LogP contribution in [0.2, 0.25) is 0 Å². The number of rotatable bonds is 7. The van der Waals surface area contributed by atoms with Gasteiger partial charge in [0.2, 0.25) is 0 Å². The third kappa shape index (κ3) is 6.15. The van der Waals surface area contributed by atoms with Crippen LogP contribution < -0.4 is 5.73 Å². The minimum atomic E-state index is 0. The van der Waals surface area contributed by atoms with Crippen LogP contribution in [0.4, 0.5) is 0 Å². The van der Waals surface area contributed by atoms with Crippen molar-refractivity contribution in [2.45, 2.75) is 19.5 Å². The number of nitrogens with zero attached hydrogens (tertiary/aromatic N) is 2. The Morgan fingerprint density at radius 1 is 0.923 bits per heavy atom. The average Bonchev–Trinajstić information content (AvgIpc) is 3.06. The summed E-state index contributed by atoms with van der Waals surface area (Å²) in [5.41, 5.74) is 10.1. The van der Waals surface area contributed by atoms with Gasteiger partial charge in [-0.05, 0) is 31.1 Å². The average molecular weight is 394 g/mol. The number of hydrogen-bond donors (Lipinski definition) is 1. The van der Waals surface area contributed by atoms with Crippen molar-refractivity contribution in [1.29, 1.82) is 0 Å². The van der Waals surface area contributed by atoms with Crippen molar-refractivity contribution in [1.82, 2.24) is 10.1 Å². The summed E-state index contributed by atoms with van der Waals surface area (Å²) in [5, 5.41) is 4.17. The molecule has 1 aromatic heterocycles. The SMILES string of the molecule is CN(Cc1ccc(CCN)cc1)Cc1cc(-c2ccccc2)no1.Cl.Cl. The van der Waals surface area contributed by atoms with Gasteiger partial charge in [0.25, 0.3) is 0 Å². The van der Waals surface area contributed by atoms with E-state index in [1.54, 1.807) is 0 Å². The van der Waals surface area contributed by atoms with E-state index in [2.05, 4.69) is 41.4 Å². The molecule has 0 spiro atoms. The van der Waals surface area contributed by atoms with E-state index in [1.165, 1.54) is 11.1 Å². The molecule has 0 unspecified atom stereocenters. The van der Waals surface area contributed by atoms with Crippen LogP contribution in [0.3, 0.4) is 0 Å². The van der Waals surface area contributed by atoms with E-state index >= 15 is 0 Å². The van der Waals surface area contributed by atoms with Crippen molar-refractivity contribution in [3.8, 4) is 11.3 Å². The number of aromatic nitrogens is 1. The van der Waals surface area contributed by atoms with Gasteiger partial charge in [0.15, 0.2) is 5.76 Å². The molecule has 2 aromatic carbocycles. The molecule has 0 saturated heterocycles. The number of nitrogens with two attached hydrogens (primary N) is 1. The monoisotopic (exact) mass is 393 g/mol. The smallest absolute Gasteiger partial charge is 0.151 e. The first-order valence-corrected chi connectivity index (χ1v) is 8.22. The van der Waals surface area contributed by atoms with Crippen LogP contribution >= 0.6 is 24.8 Å². The number of hydrogen-bond acceptors (Lipinski definition) is 4. The van der Waals surface area contributed by atoms with Crippen molar-refractivity contribution in [3.05, 3.63) is 77.6 Å². The third-order valence-corrected chi connectivity index (χ3v) is 3.96. The van der Waals surface area contributed by atoms with Gasteiger partial charge in [-0.2, -0.15) is 0 Å². The van der Waals surface area contributed by atoms with Gasteiger partial charge in [0, 0.05) is 18.2 Å². The Bertz CT molecular complexity index is 760. The van der Waals surface area contributed by atoms with Crippen molar-refractivity contribution in [3.63, 3.8) is 0 Å². The van der Waals surface area contributed by atoms with Gasteiger partial charge in [-0.3, -0.25) is 4.90 Å². The highest BCUT2D eigenvalue weighted by molar-refractivity contribution is 5.85. The maximum atomic E-state index is 5.58. The normalized spacial score (nSPS) is 10.3. The van der Waals surface area contributed by atoms with Gasteiger partial charge in [0.1, 0.15) is 5.69 Å². The molecule has 140 valence electrons. The summed E-state index contributed by atoms with van der Waals surface area (Å²) >= 11 is 0. The third-order valence-electron chi connectivity index (χ3n) is 3.96. The zero-order valence-electron chi connectivity index (χ0n) is 14.8. The Hall–Kier alpha value is -1.85. The van der Waals surface area contributed by atoms with Gasteiger partial charge in [-0.1, -0.05) is 59.8 Å². The van der Waals surface area contributed by atoms with Crippen LogP contribution in [0.1, 0.15) is 16.9 Å². The second-order valence-electron chi connectivity index (χ2n) is 6.07. The van der Waals surface area contributed by atoms with Gasteiger partial charge < -0.3 is 10.3 Å². The predicted octanol–water partition coefficient (Wildman–Crippen LogP) is 4.32.